The fraction of sp³-hybridized carbons (Fsp3) is 0.154. The van der Waals surface area contributed by atoms with Crippen LogP contribution < -0.4 is 10.4 Å². The van der Waals surface area contributed by atoms with Crippen LogP contribution in [0, 0.1) is 13.8 Å². The van der Waals surface area contributed by atoms with E-state index in [4.69, 9.17) is 9.15 Å². The van der Waals surface area contributed by atoms with Crippen LogP contribution in [0.5, 0.6) is 5.75 Å². The number of benzene rings is 3. The second-order valence-electron chi connectivity index (χ2n) is 7.54. The SMILES string of the molecule is Cc1cc(O[C@@H](C(=O)O)c2ccccc2)c2c(C)c(Cc3ccccc3)c(=O)oc2c1. The number of aliphatic carboxylic acids is 1. The van der Waals surface area contributed by atoms with Crippen molar-refractivity contribution in [2.45, 2.75) is 26.4 Å². The maximum atomic E-state index is 12.7. The number of carboxylic acids is 1. The Morgan fingerprint density at radius 3 is 2.29 bits per heavy atom. The molecule has 156 valence electrons. The first-order valence-electron chi connectivity index (χ1n) is 9.99. The molecule has 0 amide bonds. The normalized spacial score (nSPS) is 11.9. The molecule has 1 heterocycles. The largest absolute Gasteiger partial charge is 0.478 e. The van der Waals surface area contributed by atoms with Gasteiger partial charge in [0.05, 0.1) is 5.39 Å². The summed E-state index contributed by atoms with van der Waals surface area (Å²) < 4.78 is 11.7. The smallest absolute Gasteiger partial charge is 0.349 e. The molecule has 0 radical (unpaired) electrons. The van der Waals surface area contributed by atoms with E-state index in [0.717, 1.165) is 16.7 Å². The molecule has 0 spiro atoms. The number of hydrogen-bond donors (Lipinski definition) is 1. The Morgan fingerprint density at radius 1 is 1.00 bits per heavy atom. The van der Waals surface area contributed by atoms with Crippen LogP contribution in [0.2, 0.25) is 0 Å². The van der Waals surface area contributed by atoms with Gasteiger partial charge in [-0.25, -0.2) is 9.59 Å². The maximum Gasteiger partial charge on any atom is 0.349 e. The van der Waals surface area contributed by atoms with Gasteiger partial charge in [0.25, 0.3) is 0 Å². The van der Waals surface area contributed by atoms with Crippen LogP contribution in [0.15, 0.2) is 82.0 Å². The summed E-state index contributed by atoms with van der Waals surface area (Å²) in [5, 5.41) is 10.4. The highest BCUT2D eigenvalue weighted by atomic mass is 16.5. The van der Waals surface area contributed by atoms with E-state index in [9.17, 15) is 14.7 Å². The average Bonchev–Trinajstić information content (AvgIpc) is 2.75. The van der Waals surface area contributed by atoms with Crippen molar-refractivity contribution >= 4 is 16.9 Å². The predicted molar refractivity (Wildman–Crippen MR) is 119 cm³/mol. The highest BCUT2D eigenvalue weighted by Gasteiger charge is 2.24. The molecule has 0 aliphatic rings. The number of ether oxygens (including phenoxy) is 1. The van der Waals surface area contributed by atoms with Crippen molar-refractivity contribution in [3.63, 3.8) is 0 Å². The van der Waals surface area contributed by atoms with Crippen molar-refractivity contribution in [3.8, 4) is 5.75 Å². The summed E-state index contributed by atoms with van der Waals surface area (Å²) in [5.74, 6) is -0.720. The number of hydrogen-bond acceptors (Lipinski definition) is 4. The fourth-order valence-corrected chi connectivity index (χ4v) is 3.75. The van der Waals surface area contributed by atoms with Gasteiger partial charge < -0.3 is 14.3 Å². The Morgan fingerprint density at radius 2 is 1.65 bits per heavy atom. The third-order valence-electron chi connectivity index (χ3n) is 5.28. The number of fused-ring (bicyclic) bond motifs is 1. The Hall–Kier alpha value is -3.86. The van der Waals surface area contributed by atoms with Crippen LogP contribution in [0.4, 0.5) is 0 Å². The zero-order valence-corrected chi connectivity index (χ0v) is 17.3. The van der Waals surface area contributed by atoms with Crippen molar-refractivity contribution < 1.29 is 19.1 Å². The zero-order chi connectivity index (χ0) is 22.0. The van der Waals surface area contributed by atoms with Gasteiger partial charge in [-0.2, -0.15) is 0 Å². The molecule has 5 nitrogen and oxygen atoms in total. The topological polar surface area (TPSA) is 76.7 Å². The second kappa shape index (κ2) is 8.48. The number of carbonyl (C=O) groups is 1. The molecule has 4 aromatic rings. The van der Waals surface area contributed by atoms with Gasteiger partial charge in [-0.15, -0.1) is 0 Å². The van der Waals surface area contributed by atoms with Crippen molar-refractivity contribution in [1.29, 1.82) is 0 Å². The molecule has 5 heteroatoms. The average molecular weight is 414 g/mol. The zero-order valence-electron chi connectivity index (χ0n) is 17.3. The Kier molecular flexibility index (Phi) is 5.58. The summed E-state index contributed by atoms with van der Waals surface area (Å²) in [4.78, 5) is 24.7. The van der Waals surface area contributed by atoms with E-state index in [1.807, 2.05) is 50.2 Å². The maximum absolute atomic E-state index is 12.7. The van der Waals surface area contributed by atoms with Gasteiger partial charge >= 0.3 is 11.6 Å². The van der Waals surface area contributed by atoms with E-state index in [0.29, 0.717) is 34.3 Å². The molecule has 1 atom stereocenters. The lowest BCUT2D eigenvalue weighted by molar-refractivity contribution is -0.145. The monoisotopic (exact) mass is 414 g/mol. The quantitative estimate of drug-likeness (QED) is 0.439. The summed E-state index contributed by atoms with van der Waals surface area (Å²) in [7, 11) is 0. The summed E-state index contributed by atoms with van der Waals surface area (Å²) in [5.41, 5.74) is 3.55. The third-order valence-corrected chi connectivity index (χ3v) is 5.28. The van der Waals surface area contributed by atoms with Crippen LogP contribution in [-0.4, -0.2) is 11.1 Å². The van der Waals surface area contributed by atoms with Crippen LogP contribution in [0.3, 0.4) is 0 Å². The molecular weight excluding hydrogens is 392 g/mol. The number of rotatable bonds is 6. The fourth-order valence-electron chi connectivity index (χ4n) is 3.75. The lowest BCUT2D eigenvalue weighted by Crippen LogP contribution is -2.19. The van der Waals surface area contributed by atoms with Gasteiger partial charge in [0, 0.05) is 17.5 Å². The van der Waals surface area contributed by atoms with E-state index in [1.165, 1.54) is 0 Å². The summed E-state index contributed by atoms with van der Waals surface area (Å²) in [6, 6.07) is 22.0. The lowest BCUT2D eigenvalue weighted by Gasteiger charge is -2.19. The van der Waals surface area contributed by atoms with Crippen LogP contribution in [-0.2, 0) is 11.2 Å². The molecule has 1 aromatic heterocycles. The summed E-state index contributed by atoms with van der Waals surface area (Å²) >= 11 is 0. The molecule has 0 saturated heterocycles. The Labute approximate surface area is 179 Å². The van der Waals surface area contributed by atoms with E-state index in [1.54, 1.807) is 36.4 Å². The standard InChI is InChI=1S/C26H22O5/c1-16-13-21(30-24(25(27)28)19-11-7-4-8-12-19)23-17(2)20(26(29)31-22(23)14-16)15-18-9-5-3-6-10-18/h3-14,24H,15H2,1-2H3,(H,27,28)/t24-/m1/s1. The lowest BCUT2D eigenvalue weighted by atomic mass is 9.98. The third kappa shape index (κ3) is 4.21. The summed E-state index contributed by atoms with van der Waals surface area (Å²) in [6.07, 6.45) is -0.769. The van der Waals surface area contributed by atoms with Gasteiger partial charge in [0.2, 0.25) is 6.10 Å². The van der Waals surface area contributed by atoms with Gasteiger partial charge in [0.15, 0.2) is 0 Å². The first-order valence-corrected chi connectivity index (χ1v) is 9.99. The van der Waals surface area contributed by atoms with E-state index in [2.05, 4.69) is 0 Å². The van der Waals surface area contributed by atoms with Crippen LogP contribution in [0.25, 0.3) is 11.0 Å². The molecule has 31 heavy (non-hydrogen) atoms. The van der Waals surface area contributed by atoms with Crippen LogP contribution >= 0.6 is 0 Å². The first-order chi connectivity index (χ1) is 14.9. The molecule has 0 fully saturated rings. The molecule has 0 aliphatic heterocycles. The van der Waals surface area contributed by atoms with Gasteiger partial charge in [-0.3, -0.25) is 0 Å². The first kappa shape index (κ1) is 20.4. The number of carboxylic acid groups (broad SMARTS) is 1. The van der Waals surface area contributed by atoms with Crippen molar-refractivity contribution in [1.82, 2.24) is 0 Å². The summed E-state index contributed by atoms with van der Waals surface area (Å²) in [6.45, 7) is 3.69. The Bertz CT molecular complexity index is 1290. The van der Waals surface area contributed by atoms with E-state index < -0.39 is 17.7 Å². The Balaban J connectivity index is 1.86. The molecule has 0 aliphatic carbocycles. The molecule has 0 bridgehead atoms. The second-order valence-corrected chi connectivity index (χ2v) is 7.54. The highest BCUT2D eigenvalue weighted by molar-refractivity contribution is 5.89. The minimum absolute atomic E-state index is 0.377. The minimum Gasteiger partial charge on any atom is -0.478 e. The number of aryl methyl sites for hydroxylation is 2. The van der Waals surface area contributed by atoms with Crippen LogP contribution in [0.1, 0.15) is 33.9 Å². The predicted octanol–water partition coefficient (Wildman–Crippen LogP) is 5.21. The van der Waals surface area contributed by atoms with Crippen molar-refractivity contribution in [2.24, 2.45) is 0 Å². The molecule has 4 rings (SSSR count). The molecular formula is C26H22O5. The van der Waals surface area contributed by atoms with E-state index >= 15 is 0 Å². The van der Waals surface area contributed by atoms with E-state index in [-0.39, 0.29) is 0 Å². The van der Waals surface area contributed by atoms with Crippen molar-refractivity contribution in [3.05, 3.63) is 111 Å². The van der Waals surface area contributed by atoms with Crippen molar-refractivity contribution in [2.75, 3.05) is 0 Å². The molecule has 0 unspecified atom stereocenters. The van der Waals surface area contributed by atoms with Gasteiger partial charge in [-0.1, -0.05) is 60.7 Å². The molecule has 0 saturated carbocycles. The van der Waals surface area contributed by atoms with Gasteiger partial charge in [0.1, 0.15) is 11.3 Å². The van der Waals surface area contributed by atoms with Gasteiger partial charge in [-0.05, 0) is 42.7 Å². The molecule has 3 aromatic carbocycles. The highest BCUT2D eigenvalue weighted by Crippen LogP contribution is 2.34. The molecule has 1 N–H and O–H groups in total. The minimum atomic E-state index is -1.19.